The van der Waals surface area contributed by atoms with Crippen LogP contribution in [0, 0.1) is 0 Å². The Kier molecular flexibility index (Phi) is 4.64. The molecular formula is C17H25N3O2. The van der Waals surface area contributed by atoms with E-state index in [4.69, 9.17) is 4.74 Å². The van der Waals surface area contributed by atoms with Crippen LogP contribution in [-0.4, -0.2) is 48.8 Å². The molecule has 0 unspecified atom stereocenters. The minimum Gasteiger partial charge on any atom is -0.376 e. The summed E-state index contributed by atoms with van der Waals surface area (Å²) in [4.78, 5) is 14.6. The fourth-order valence-corrected chi connectivity index (χ4v) is 3.37. The Balaban J connectivity index is 1.52. The third-order valence-electron chi connectivity index (χ3n) is 4.52. The van der Waals surface area contributed by atoms with Gasteiger partial charge in [-0.25, -0.2) is 4.79 Å². The van der Waals surface area contributed by atoms with Crippen molar-refractivity contribution in [1.29, 1.82) is 0 Å². The van der Waals surface area contributed by atoms with Crippen LogP contribution in [0.4, 0.5) is 10.5 Å². The van der Waals surface area contributed by atoms with Crippen LogP contribution in [0.15, 0.2) is 24.3 Å². The van der Waals surface area contributed by atoms with Gasteiger partial charge in [0.2, 0.25) is 0 Å². The number of urea groups is 1. The second kappa shape index (κ2) is 6.67. The SMILES string of the molecule is CCc1cccc(NC(=O)N[C@H]2C[C@H]3CO[C@H](C)CN3C2)c1. The van der Waals surface area contributed by atoms with Crippen LogP contribution >= 0.6 is 0 Å². The quantitative estimate of drug-likeness (QED) is 0.900. The zero-order valence-electron chi connectivity index (χ0n) is 13.3. The van der Waals surface area contributed by atoms with E-state index in [0.717, 1.165) is 38.2 Å². The largest absolute Gasteiger partial charge is 0.376 e. The van der Waals surface area contributed by atoms with Crippen molar-refractivity contribution in [2.24, 2.45) is 0 Å². The first-order valence-electron chi connectivity index (χ1n) is 8.16. The van der Waals surface area contributed by atoms with Crippen molar-refractivity contribution in [2.75, 3.05) is 25.0 Å². The van der Waals surface area contributed by atoms with Crippen molar-refractivity contribution in [3.8, 4) is 0 Å². The predicted molar refractivity (Wildman–Crippen MR) is 87.2 cm³/mol. The van der Waals surface area contributed by atoms with Crippen LogP contribution in [0.25, 0.3) is 0 Å². The Hall–Kier alpha value is -1.59. The molecule has 5 nitrogen and oxygen atoms in total. The highest BCUT2D eigenvalue weighted by Crippen LogP contribution is 2.23. The summed E-state index contributed by atoms with van der Waals surface area (Å²) in [5, 5.41) is 6.02. The molecule has 0 bridgehead atoms. The van der Waals surface area contributed by atoms with Crippen molar-refractivity contribution >= 4 is 11.7 Å². The number of benzene rings is 1. The maximum Gasteiger partial charge on any atom is 0.319 e. The van der Waals surface area contributed by atoms with Gasteiger partial charge in [-0.2, -0.15) is 0 Å². The fourth-order valence-electron chi connectivity index (χ4n) is 3.37. The van der Waals surface area contributed by atoms with E-state index in [0.29, 0.717) is 12.1 Å². The molecule has 2 aliphatic heterocycles. The van der Waals surface area contributed by atoms with Crippen molar-refractivity contribution in [1.82, 2.24) is 10.2 Å². The van der Waals surface area contributed by atoms with E-state index < -0.39 is 0 Å². The molecule has 2 saturated heterocycles. The maximum atomic E-state index is 12.2. The number of nitrogens with zero attached hydrogens (tertiary/aromatic N) is 1. The first-order valence-corrected chi connectivity index (χ1v) is 8.16. The number of carbonyl (C=O) groups excluding carboxylic acids is 1. The van der Waals surface area contributed by atoms with Crippen molar-refractivity contribution in [3.63, 3.8) is 0 Å². The van der Waals surface area contributed by atoms with Gasteiger partial charge in [-0.1, -0.05) is 19.1 Å². The number of hydrogen-bond acceptors (Lipinski definition) is 3. The lowest BCUT2D eigenvalue weighted by molar-refractivity contribution is -0.0390. The zero-order valence-corrected chi connectivity index (χ0v) is 13.3. The number of amides is 2. The molecule has 2 amide bonds. The minimum atomic E-state index is -0.118. The molecule has 3 rings (SSSR count). The molecule has 120 valence electrons. The van der Waals surface area contributed by atoms with Crippen molar-refractivity contribution in [2.45, 2.75) is 44.9 Å². The van der Waals surface area contributed by atoms with Gasteiger partial charge in [-0.15, -0.1) is 0 Å². The maximum absolute atomic E-state index is 12.2. The summed E-state index contributed by atoms with van der Waals surface area (Å²) in [6.45, 7) is 6.87. The Labute approximate surface area is 132 Å². The van der Waals surface area contributed by atoms with Gasteiger partial charge in [0, 0.05) is 30.9 Å². The Bertz CT molecular complexity index is 534. The minimum absolute atomic E-state index is 0.118. The molecule has 5 heteroatoms. The average molecular weight is 303 g/mol. The standard InChI is InChI=1S/C17H25N3O2/c1-3-13-5-4-6-14(7-13)18-17(21)19-15-8-16-11-22-12(2)9-20(16)10-15/h4-7,12,15-16H,3,8-11H2,1-2H3,(H2,18,19,21)/t12-,15+,16+/m1/s1. The monoisotopic (exact) mass is 303 g/mol. The Morgan fingerprint density at radius 1 is 1.41 bits per heavy atom. The van der Waals surface area contributed by atoms with Crippen LogP contribution in [0.2, 0.25) is 0 Å². The zero-order chi connectivity index (χ0) is 15.5. The van der Waals surface area contributed by atoms with Crippen LogP contribution in [-0.2, 0) is 11.2 Å². The number of hydrogen-bond donors (Lipinski definition) is 2. The number of nitrogens with one attached hydrogen (secondary N) is 2. The third-order valence-corrected chi connectivity index (χ3v) is 4.52. The number of rotatable bonds is 3. The molecule has 3 atom stereocenters. The number of carbonyl (C=O) groups is 1. The average Bonchev–Trinajstić information content (AvgIpc) is 2.88. The second-order valence-electron chi connectivity index (χ2n) is 6.34. The van der Waals surface area contributed by atoms with Gasteiger partial charge in [0.25, 0.3) is 0 Å². The van der Waals surface area contributed by atoms with Gasteiger partial charge in [0.05, 0.1) is 12.7 Å². The van der Waals surface area contributed by atoms with E-state index in [1.54, 1.807) is 0 Å². The summed E-state index contributed by atoms with van der Waals surface area (Å²) in [6, 6.07) is 8.52. The number of anilines is 1. The second-order valence-corrected chi connectivity index (χ2v) is 6.34. The summed E-state index contributed by atoms with van der Waals surface area (Å²) < 4.78 is 5.70. The fraction of sp³-hybridized carbons (Fsp3) is 0.588. The van der Waals surface area contributed by atoms with Crippen LogP contribution in [0.5, 0.6) is 0 Å². The molecule has 2 heterocycles. The normalized spacial score (nSPS) is 28.2. The highest BCUT2D eigenvalue weighted by Gasteiger charge is 2.36. The molecule has 0 aromatic heterocycles. The third kappa shape index (κ3) is 3.59. The van der Waals surface area contributed by atoms with E-state index in [-0.39, 0.29) is 12.1 Å². The van der Waals surface area contributed by atoms with E-state index in [9.17, 15) is 4.79 Å². The van der Waals surface area contributed by atoms with E-state index in [1.165, 1.54) is 5.56 Å². The molecule has 0 aliphatic carbocycles. The molecule has 2 aliphatic rings. The lowest BCUT2D eigenvalue weighted by atomic mass is 10.1. The number of morpholine rings is 1. The van der Waals surface area contributed by atoms with Gasteiger partial charge in [0.1, 0.15) is 0 Å². The van der Waals surface area contributed by atoms with Crippen molar-refractivity contribution < 1.29 is 9.53 Å². The first-order chi connectivity index (χ1) is 10.6. The molecule has 2 fully saturated rings. The summed E-state index contributed by atoms with van der Waals surface area (Å²) in [7, 11) is 0. The predicted octanol–water partition coefficient (Wildman–Crippen LogP) is 2.23. The van der Waals surface area contributed by atoms with E-state index >= 15 is 0 Å². The van der Waals surface area contributed by atoms with Gasteiger partial charge >= 0.3 is 6.03 Å². The van der Waals surface area contributed by atoms with E-state index in [2.05, 4.69) is 35.4 Å². The van der Waals surface area contributed by atoms with E-state index in [1.807, 2.05) is 18.2 Å². The summed E-state index contributed by atoms with van der Waals surface area (Å²) >= 11 is 0. The van der Waals surface area contributed by atoms with Gasteiger partial charge in [0.15, 0.2) is 0 Å². The highest BCUT2D eigenvalue weighted by atomic mass is 16.5. The molecule has 0 spiro atoms. The summed E-state index contributed by atoms with van der Waals surface area (Å²) in [6.07, 6.45) is 2.23. The molecule has 1 aromatic carbocycles. The number of fused-ring (bicyclic) bond motifs is 1. The molecular weight excluding hydrogens is 278 g/mol. The Morgan fingerprint density at radius 2 is 2.27 bits per heavy atom. The van der Waals surface area contributed by atoms with Gasteiger partial charge in [-0.3, -0.25) is 4.90 Å². The molecule has 0 saturated carbocycles. The van der Waals surface area contributed by atoms with Crippen LogP contribution < -0.4 is 10.6 Å². The van der Waals surface area contributed by atoms with Gasteiger partial charge in [-0.05, 0) is 37.5 Å². The van der Waals surface area contributed by atoms with Crippen LogP contribution in [0.3, 0.4) is 0 Å². The summed E-state index contributed by atoms with van der Waals surface area (Å²) in [5.74, 6) is 0. The lowest BCUT2D eigenvalue weighted by Crippen LogP contribution is -2.45. The molecule has 0 radical (unpaired) electrons. The smallest absolute Gasteiger partial charge is 0.319 e. The first kappa shape index (κ1) is 15.3. The summed E-state index contributed by atoms with van der Waals surface area (Å²) in [5.41, 5.74) is 2.08. The molecule has 22 heavy (non-hydrogen) atoms. The van der Waals surface area contributed by atoms with Crippen LogP contribution in [0.1, 0.15) is 25.8 Å². The molecule has 1 aromatic rings. The highest BCUT2D eigenvalue weighted by molar-refractivity contribution is 5.89. The van der Waals surface area contributed by atoms with Crippen molar-refractivity contribution in [3.05, 3.63) is 29.8 Å². The molecule has 2 N–H and O–H groups in total. The lowest BCUT2D eigenvalue weighted by Gasteiger charge is -2.33. The number of aryl methyl sites for hydroxylation is 1. The number of ether oxygens (including phenoxy) is 1. The topological polar surface area (TPSA) is 53.6 Å². The Morgan fingerprint density at radius 3 is 3.09 bits per heavy atom. The van der Waals surface area contributed by atoms with Gasteiger partial charge < -0.3 is 15.4 Å².